The number of hydrogen-bond donors (Lipinski definition) is 1. The number of amides is 1. The van der Waals surface area contributed by atoms with E-state index < -0.39 is 0 Å². The minimum atomic E-state index is 0.127. The van der Waals surface area contributed by atoms with Crippen LogP contribution in [0.15, 0.2) is 78.5 Å². The Hall–Kier alpha value is -2.96. The second-order valence-corrected chi connectivity index (χ2v) is 9.12. The molecule has 0 radical (unpaired) electrons. The average molecular weight is 496 g/mol. The summed E-state index contributed by atoms with van der Waals surface area (Å²) in [6.45, 7) is 8.56. The van der Waals surface area contributed by atoms with E-state index in [4.69, 9.17) is 16.3 Å². The summed E-state index contributed by atoms with van der Waals surface area (Å²) in [4.78, 5) is 16.0. The smallest absolute Gasteiger partial charge is 0.227 e. The molecule has 34 heavy (non-hydrogen) atoms. The number of nitrogens with one attached hydrogen (secondary N) is 1. The largest absolute Gasteiger partial charge is 0.493 e. The number of carbonyl (C=O) groups is 1. The zero-order valence-corrected chi connectivity index (χ0v) is 21.2. The number of allylic oxidation sites excluding steroid dienone is 3. The Morgan fingerprint density at radius 3 is 2.85 bits per heavy atom. The molecule has 178 valence electrons. The van der Waals surface area contributed by atoms with Crippen molar-refractivity contribution in [3.63, 3.8) is 0 Å². The first-order valence-electron chi connectivity index (χ1n) is 11.2. The Labute approximate surface area is 210 Å². The molecule has 1 aromatic heterocycles. The first-order chi connectivity index (χ1) is 16.6. The van der Waals surface area contributed by atoms with Crippen LogP contribution < -0.4 is 9.64 Å². The van der Waals surface area contributed by atoms with Gasteiger partial charge in [0.25, 0.3) is 0 Å². The lowest BCUT2D eigenvalue weighted by atomic mass is 10.1. The minimum Gasteiger partial charge on any atom is -0.493 e. The number of aromatic amines is 1. The molecule has 0 saturated carbocycles. The van der Waals surface area contributed by atoms with Gasteiger partial charge in [-0.15, -0.1) is 11.8 Å². The van der Waals surface area contributed by atoms with Crippen LogP contribution in [0.2, 0.25) is 5.02 Å². The summed E-state index contributed by atoms with van der Waals surface area (Å²) >= 11 is 7.92. The Morgan fingerprint density at radius 2 is 2.15 bits per heavy atom. The number of fused-ring (bicyclic) bond motifs is 1. The van der Waals surface area contributed by atoms with Crippen LogP contribution in [0, 0.1) is 6.92 Å². The molecule has 1 aliphatic rings. The van der Waals surface area contributed by atoms with Crippen LogP contribution in [-0.4, -0.2) is 35.0 Å². The Balaban J connectivity index is 0.000000588. The second kappa shape index (κ2) is 13.1. The topological polar surface area (TPSA) is 58.2 Å². The van der Waals surface area contributed by atoms with Gasteiger partial charge in [0.15, 0.2) is 0 Å². The molecular weight excluding hydrogens is 466 g/mol. The highest BCUT2D eigenvalue weighted by molar-refractivity contribution is 7.99. The molecule has 0 atom stereocenters. The van der Waals surface area contributed by atoms with Crippen molar-refractivity contribution in [1.29, 1.82) is 0 Å². The fourth-order valence-corrected chi connectivity index (χ4v) is 4.87. The summed E-state index contributed by atoms with van der Waals surface area (Å²) in [5.41, 5.74) is 4.05. The summed E-state index contributed by atoms with van der Waals surface area (Å²) in [6, 6.07) is 11.7. The lowest BCUT2D eigenvalue weighted by Gasteiger charge is -2.30. The zero-order chi connectivity index (χ0) is 24.3. The number of rotatable bonds is 7. The molecule has 5 nitrogen and oxygen atoms in total. The first-order valence-corrected chi connectivity index (χ1v) is 12.6. The van der Waals surface area contributed by atoms with Crippen LogP contribution in [0.4, 0.5) is 5.69 Å². The predicted octanol–water partition coefficient (Wildman–Crippen LogP) is 7.08. The maximum Gasteiger partial charge on any atom is 0.227 e. The molecule has 1 N–H and O–H groups in total. The van der Waals surface area contributed by atoms with Gasteiger partial charge in [0.2, 0.25) is 5.91 Å². The Bertz CT molecular complexity index is 1130. The lowest BCUT2D eigenvalue weighted by Crippen LogP contribution is -2.35. The maximum absolute atomic E-state index is 12.9. The maximum atomic E-state index is 12.9. The summed E-state index contributed by atoms with van der Waals surface area (Å²) in [5.74, 6) is 1.78. The number of halogens is 1. The van der Waals surface area contributed by atoms with Crippen LogP contribution in [0.5, 0.6) is 5.75 Å². The number of carbonyl (C=O) groups excluding carboxylic acids is 1. The number of thioether (sulfide) groups is 1. The SMILES string of the molecule is C=C/C=C\C.Cc1c(Cl)cccc1OCCCC(=O)N1CCSc2c(-c3cn[nH]c3)cccc21. The van der Waals surface area contributed by atoms with Gasteiger partial charge in [-0.3, -0.25) is 9.89 Å². The summed E-state index contributed by atoms with van der Waals surface area (Å²) in [7, 11) is 0. The lowest BCUT2D eigenvalue weighted by molar-refractivity contribution is -0.118. The number of anilines is 1. The molecule has 2 aromatic carbocycles. The quantitative estimate of drug-likeness (QED) is 0.281. The number of aromatic nitrogens is 2. The molecule has 1 aliphatic heterocycles. The first kappa shape index (κ1) is 25.7. The van der Waals surface area contributed by atoms with Crippen molar-refractivity contribution in [2.45, 2.75) is 31.6 Å². The van der Waals surface area contributed by atoms with Gasteiger partial charge in [-0.25, -0.2) is 0 Å². The zero-order valence-electron chi connectivity index (χ0n) is 19.6. The fourth-order valence-electron chi connectivity index (χ4n) is 3.55. The van der Waals surface area contributed by atoms with Crippen molar-refractivity contribution in [1.82, 2.24) is 10.2 Å². The van der Waals surface area contributed by atoms with Gasteiger partial charge in [-0.05, 0) is 38.5 Å². The van der Waals surface area contributed by atoms with Crippen LogP contribution in [0.1, 0.15) is 25.3 Å². The average Bonchev–Trinajstić information content (AvgIpc) is 3.39. The van der Waals surface area contributed by atoms with Crippen molar-refractivity contribution < 1.29 is 9.53 Å². The Morgan fingerprint density at radius 1 is 1.32 bits per heavy atom. The van der Waals surface area contributed by atoms with Crippen molar-refractivity contribution >= 4 is 35.0 Å². The fraction of sp³-hybridized carbons (Fsp3) is 0.259. The van der Waals surface area contributed by atoms with Crippen LogP contribution >= 0.6 is 23.4 Å². The number of ether oxygens (including phenoxy) is 1. The standard InChI is InChI=1S/C22H22ClN3O2S.C5H8/c1-15-18(23)6-3-8-20(15)28-11-4-9-21(27)26-10-12-29-22-17(5-2-7-19(22)26)16-13-24-25-14-16;1-3-5-4-2/h2-3,5-8,13-14H,4,9-12H2,1H3,(H,24,25);3-5H,1H2,2H3/b;5-4-. The molecule has 0 unspecified atom stereocenters. The van der Waals surface area contributed by atoms with E-state index in [0.29, 0.717) is 24.5 Å². The summed E-state index contributed by atoms with van der Waals surface area (Å²) in [6.07, 6.45) is 10.4. The molecule has 3 aromatic rings. The predicted molar refractivity (Wildman–Crippen MR) is 143 cm³/mol. The van der Waals surface area contributed by atoms with E-state index in [2.05, 4.69) is 22.8 Å². The third-order valence-corrected chi connectivity index (χ3v) is 6.81. The van der Waals surface area contributed by atoms with E-state index in [-0.39, 0.29) is 5.91 Å². The molecule has 4 rings (SSSR count). The third-order valence-electron chi connectivity index (χ3n) is 5.30. The van der Waals surface area contributed by atoms with Gasteiger partial charge in [-0.2, -0.15) is 5.10 Å². The van der Waals surface area contributed by atoms with Crippen LogP contribution in [0.25, 0.3) is 11.1 Å². The minimum absolute atomic E-state index is 0.127. The number of nitrogens with zero attached hydrogens (tertiary/aromatic N) is 2. The van der Waals surface area contributed by atoms with Gasteiger partial charge >= 0.3 is 0 Å². The van der Waals surface area contributed by atoms with E-state index in [1.165, 1.54) is 0 Å². The van der Waals surface area contributed by atoms with Crippen molar-refractivity contribution in [2.24, 2.45) is 0 Å². The number of benzene rings is 2. The van der Waals surface area contributed by atoms with E-state index in [0.717, 1.165) is 45.3 Å². The Kier molecular flexibility index (Phi) is 9.86. The summed E-state index contributed by atoms with van der Waals surface area (Å²) in [5, 5.41) is 7.60. The molecule has 0 spiro atoms. The molecule has 2 heterocycles. The molecule has 0 bridgehead atoms. The molecule has 1 amide bonds. The molecule has 0 fully saturated rings. The van der Waals surface area contributed by atoms with Gasteiger partial charge in [0, 0.05) is 51.5 Å². The normalized spacial score (nSPS) is 12.6. The number of hydrogen-bond acceptors (Lipinski definition) is 4. The van der Waals surface area contributed by atoms with Crippen LogP contribution in [0.3, 0.4) is 0 Å². The molecular formula is C27H30ClN3O2S. The highest BCUT2D eigenvalue weighted by Gasteiger charge is 2.25. The molecule has 7 heteroatoms. The highest BCUT2D eigenvalue weighted by atomic mass is 35.5. The van der Waals surface area contributed by atoms with Gasteiger partial charge in [-0.1, -0.05) is 54.6 Å². The molecule has 0 aliphatic carbocycles. The van der Waals surface area contributed by atoms with Crippen molar-refractivity contribution in [3.8, 4) is 16.9 Å². The van der Waals surface area contributed by atoms with Gasteiger partial charge in [0.05, 0.1) is 18.5 Å². The van der Waals surface area contributed by atoms with E-state index >= 15 is 0 Å². The van der Waals surface area contributed by atoms with E-state index in [1.807, 2.05) is 73.6 Å². The van der Waals surface area contributed by atoms with Gasteiger partial charge in [0.1, 0.15) is 5.75 Å². The van der Waals surface area contributed by atoms with Gasteiger partial charge < -0.3 is 9.64 Å². The van der Waals surface area contributed by atoms with E-state index in [1.54, 1.807) is 17.8 Å². The van der Waals surface area contributed by atoms with Crippen LogP contribution in [-0.2, 0) is 4.79 Å². The van der Waals surface area contributed by atoms with Crippen molar-refractivity contribution in [2.75, 3.05) is 23.8 Å². The third kappa shape index (κ3) is 6.55. The highest BCUT2D eigenvalue weighted by Crippen LogP contribution is 2.41. The van der Waals surface area contributed by atoms with Crippen molar-refractivity contribution in [3.05, 3.63) is 84.2 Å². The number of H-pyrrole nitrogens is 1. The second-order valence-electron chi connectivity index (χ2n) is 7.61. The van der Waals surface area contributed by atoms with E-state index in [9.17, 15) is 4.79 Å². The summed E-state index contributed by atoms with van der Waals surface area (Å²) < 4.78 is 5.82. The monoisotopic (exact) mass is 495 g/mol. The molecule has 0 saturated heterocycles.